The monoisotopic (exact) mass is 424 g/mol. The van der Waals surface area contributed by atoms with E-state index in [1.807, 2.05) is 12.1 Å². The van der Waals surface area contributed by atoms with Gasteiger partial charge >= 0.3 is 0 Å². The molecule has 2 unspecified atom stereocenters. The van der Waals surface area contributed by atoms with Gasteiger partial charge in [-0.15, -0.1) is 0 Å². The normalized spacial score (nSPS) is 25.5. The zero-order valence-electron chi connectivity index (χ0n) is 18.6. The van der Waals surface area contributed by atoms with Crippen molar-refractivity contribution < 1.29 is 9.32 Å². The summed E-state index contributed by atoms with van der Waals surface area (Å²) in [6, 6.07) is 8.74. The van der Waals surface area contributed by atoms with Crippen molar-refractivity contribution in [3.8, 4) is 0 Å². The second-order valence-corrected chi connectivity index (χ2v) is 9.89. The van der Waals surface area contributed by atoms with Crippen LogP contribution in [-0.2, 0) is 4.79 Å². The number of para-hydroxylation sites is 1. The van der Waals surface area contributed by atoms with Crippen LogP contribution in [0.3, 0.4) is 0 Å². The molecule has 0 radical (unpaired) electrons. The molecule has 3 aliphatic rings. The maximum absolute atomic E-state index is 12.3. The highest BCUT2D eigenvalue weighted by Crippen LogP contribution is 2.32. The number of benzene rings is 1. The fourth-order valence-electron chi connectivity index (χ4n) is 5.93. The molecule has 0 bridgehead atoms. The van der Waals surface area contributed by atoms with E-state index in [1.54, 1.807) is 0 Å². The first kappa shape index (κ1) is 20.8. The average molecular weight is 425 g/mol. The minimum Gasteiger partial charge on any atom is -0.356 e. The molecular weight excluding hydrogens is 388 g/mol. The van der Waals surface area contributed by atoms with Crippen molar-refractivity contribution >= 4 is 22.7 Å². The summed E-state index contributed by atoms with van der Waals surface area (Å²) in [4.78, 5) is 17.3. The van der Waals surface area contributed by atoms with Gasteiger partial charge in [0, 0.05) is 45.2 Å². The lowest BCUT2D eigenvalue weighted by atomic mass is 9.86. The van der Waals surface area contributed by atoms with Crippen molar-refractivity contribution in [2.75, 3.05) is 37.6 Å². The Kier molecular flexibility index (Phi) is 6.44. The zero-order valence-corrected chi connectivity index (χ0v) is 18.6. The molecule has 168 valence electrons. The molecule has 5 rings (SSSR count). The van der Waals surface area contributed by atoms with Crippen LogP contribution in [0.5, 0.6) is 0 Å². The quantitative estimate of drug-likeness (QED) is 0.753. The minimum atomic E-state index is 0.272. The Balaban J connectivity index is 1.06. The first-order valence-corrected chi connectivity index (χ1v) is 12.4. The summed E-state index contributed by atoms with van der Waals surface area (Å²) < 4.78 is 5.53. The summed E-state index contributed by atoms with van der Waals surface area (Å²) in [5.74, 6) is 2.60. The molecule has 6 nitrogen and oxygen atoms in total. The van der Waals surface area contributed by atoms with Crippen LogP contribution in [-0.4, -0.2) is 54.7 Å². The molecule has 2 aliphatic heterocycles. The number of nitrogens with one attached hydrogen (secondary N) is 1. The van der Waals surface area contributed by atoms with Gasteiger partial charge in [-0.05, 0) is 56.1 Å². The van der Waals surface area contributed by atoms with Crippen LogP contribution >= 0.6 is 0 Å². The van der Waals surface area contributed by atoms with Crippen LogP contribution in [0.4, 0.5) is 5.82 Å². The van der Waals surface area contributed by atoms with Crippen molar-refractivity contribution in [1.29, 1.82) is 0 Å². The number of amides is 1. The maximum atomic E-state index is 12.3. The highest BCUT2D eigenvalue weighted by atomic mass is 16.5. The number of anilines is 1. The van der Waals surface area contributed by atoms with E-state index in [4.69, 9.17) is 4.52 Å². The summed E-state index contributed by atoms with van der Waals surface area (Å²) >= 11 is 0. The third-order valence-electron chi connectivity index (χ3n) is 7.74. The van der Waals surface area contributed by atoms with E-state index < -0.39 is 0 Å². The topological polar surface area (TPSA) is 61.6 Å². The van der Waals surface area contributed by atoms with Gasteiger partial charge in [0.25, 0.3) is 0 Å². The molecule has 1 N–H and O–H groups in total. The average Bonchev–Trinajstić information content (AvgIpc) is 3.24. The number of hydrogen-bond acceptors (Lipinski definition) is 5. The van der Waals surface area contributed by atoms with Crippen molar-refractivity contribution in [2.24, 2.45) is 11.8 Å². The number of piperidine rings is 1. The number of nitrogens with zero attached hydrogens (tertiary/aromatic N) is 3. The second-order valence-electron chi connectivity index (χ2n) is 9.89. The second kappa shape index (κ2) is 9.60. The van der Waals surface area contributed by atoms with Gasteiger partial charge in [-0.25, -0.2) is 0 Å². The molecule has 3 fully saturated rings. The zero-order chi connectivity index (χ0) is 21.0. The lowest BCUT2D eigenvalue weighted by Crippen LogP contribution is -2.56. The number of aromatic nitrogens is 1. The number of carbonyl (C=O) groups excluding carboxylic acids is 1. The van der Waals surface area contributed by atoms with Gasteiger partial charge in [0.15, 0.2) is 11.4 Å². The molecule has 3 heterocycles. The Labute approximate surface area is 185 Å². The van der Waals surface area contributed by atoms with Gasteiger partial charge in [0.2, 0.25) is 5.91 Å². The van der Waals surface area contributed by atoms with Crippen LogP contribution in [0.2, 0.25) is 0 Å². The molecule has 0 spiro atoms. The summed E-state index contributed by atoms with van der Waals surface area (Å²) in [6.07, 6.45) is 10.8. The number of piperazine rings is 1. The number of fused-ring (bicyclic) bond motifs is 2. The van der Waals surface area contributed by atoms with Crippen molar-refractivity contribution in [2.45, 2.75) is 63.8 Å². The molecule has 1 saturated carbocycles. The molecule has 2 aromatic rings. The van der Waals surface area contributed by atoms with E-state index in [0.29, 0.717) is 17.9 Å². The Hall–Kier alpha value is -2.08. The molecule has 31 heavy (non-hydrogen) atoms. The van der Waals surface area contributed by atoms with Crippen molar-refractivity contribution in [3.05, 3.63) is 24.3 Å². The summed E-state index contributed by atoms with van der Waals surface area (Å²) in [5.41, 5.74) is 0.870. The van der Waals surface area contributed by atoms with Gasteiger partial charge in [-0.2, -0.15) is 0 Å². The van der Waals surface area contributed by atoms with Gasteiger partial charge < -0.3 is 14.7 Å². The summed E-state index contributed by atoms with van der Waals surface area (Å²) in [6.45, 7) is 5.11. The number of carbonyl (C=O) groups is 1. The van der Waals surface area contributed by atoms with Gasteiger partial charge in [0.05, 0.1) is 5.39 Å². The van der Waals surface area contributed by atoms with E-state index in [9.17, 15) is 4.79 Å². The maximum Gasteiger partial charge on any atom is 0.220 e. The smallest absolute Gasteiger partial charge is 0.220 e. The van der Waals surface area contributed by atoms with E-state index >= 15 is 0 Å². The highest BCUT2D eigenvalue weighted by molar-refractivity contribution is 5.88. The fourth-order valence-corrected chi connectivity index (χ4v) is 5.93. The van der Waals surface area contributed by atoms with Crippen molar-refractivity contribution in [3.63, 3.8) is 0 Å². The fraction of sp³-hybridized carbons (Fsp3) is 0.680. The van der Waals surface area contributed by atoms with E-state index in [0.717, 1.165) is 62.4 Å². The third-order valence-corrected chi connectivity index (χ3v) is 7.74. The largest absolute Gasteiger partial charge is 0.356 e. The Morgan fingerprint density at radius 3 is 2.81 bits per heavy atom. The summed E-state index contributed by atoms with van der Waals surface area (Å²) in [7, 11) is 0. The van der Waals surface area contributed by atoms with Crippen LogP contribution < -0.4 is 10.2 Å². The predicted molar refractivity (Wildman–Crippen MR) is 123 cm³/mol. The number of hydrogen-bond donors (Lipinski definition) is 1. The van der Waals surface area contributed by atoms with Gasteiger partial charge in [-0.1, -0.05) is 36.6 Å². The van der Waals surface area contributed by atoms with Crippen LogP contribution in [0.25, 0.3) is 11.0 Å². The third kappa shape index (κ3) is 4.89. The van der Waals surface area contributed by atoms with E-state index in [2.05, 4.69) is 32.4 Å². The van der Waals surface area contributed by atoms with Crippen LogP contribution in [0.1, 0.15) is 57.8 Å². The van der Waals surface area contributed by atoms with Crippen LogP contribution in [0.15, 0.2) is 28.8 Å². The van der Waals surface area contributed by atoms with Crippen LogP contribution in [0, 0.1) is 11.8 Å². The lowest BCUT2D eigenvalue weighted by molar-refractivity contribution is -0.122. The molecule has 1 aliphatic carbocycles. The lowest BCUT2D eigenvalue weighted by Gasteiger charge is -2.46. The molecule has 2 atom stereocenters. The SMILES string of the molecule is O=C(CC1CCCCC1)NCCC1CCC2CN(c3noc4ccccc34)CCN2C1. The molecular formula is C25H36N4O2. The highest BCUT2D eigenvalue weighted by Gasteiger charge is 2.34. The first-order chi connectivity index (χ1) is 15.3. The van der Waals surface area contributed by atoms with Gasteiger partial charge in [0.1, 0.15) is 0 Å². The van der Waals surface area contributed by atoms with Crippen molar-refractivity contribution in [1.82, 2.24) is 15.4 Å². The first-order valence-electron chi connectivity index (χ1n) is 12.4. The Morgan fingerprint density at radius 1 is 1.03 bits per heavy atom. The molecule has 1 amide bonds. The van der Waals surface area contributed by atoms with E-state index in [-0.39, 0.29) is 5.91 Å². The number of rotatable bonds is 6. The van der Waals surface area contributed by atoms with E-state index in [1.165, 1.54) is 44.9 Å². The minimum absolute atomic E-state index is 0.272. The summed E-state index contributed by atoms with van der Waals surface area (Å²) in [5, 5.41) is 8.69. The Bertz CT molecular complexity index is 875. The molecule has 2 saturated heterocycles. The van der Waals surface area contributed by atoms with Gasteiger partial charge in [-0.3, -0.25) is 9.69 Å². The molecule has 1 aromatic heterocycles. The molecule has 1 aromatic carbocycles. The Morgan fingerprint density at radius 2 is 1.90 bits per heavy atom. The predicted octanol–water partition coefficient (Wildman–Crippen LogP) is 4.21. The molecule has 6 heteroatoms. The standard InChI is InChI=1S/C25H36N4O2/c30-24(16-19-6-2-1-3-7-19)26-13-12-20-10-11-21-18-29(15-14-28(21)17-20)25-22-8-4-5-9-23(22)31-27-25/h4-5,8-9,19-21H,1-3,6-7,10-18H2,(H,26,30).